The summed E-state index contributed by atoms with van der Waals surface area (Å²) < 4.78 is 6.24. The van der Waals surface area contributed by atoms with Crippen molar-refractivity contribution in [2.75, 3.05) is 30.7 Å². The van der Waals surface area contributed by atoms with Crippen LogP contribution in [0.3, 0.4) is 0 Å². The number of ether oxygens (including phenoxy) is 1. The van der Waals surface area contributed by atoms with Gasteiger partial charge in [-0.15, -0.1) is 0 Å². The summed E-state index contributed by atoms with van der Waals surface area (Å²) >= 11 is 12.2. The fourth-order valence-corrected chi connectivity index (χ4v) is 4.26. The van der Waals surface area contributed by atoms with Crippen LogP contribution >= 0.6 is 23.2 Å². The number of hydrogen-bond acceptors (Lipinski definition) is 7. The Morgan fingerprint density at radius 2 is 1.94 bits per heavy atom. The number of benzene rings is 1. The third-order valence-electron chi connectivity index (χ3n) is 5.78. The number of nitrogens with one attached hydrogen (secondary N) is 2. The van der Waals surface area contributed by atoms with Crippen molar-refractivity contribution in [2.45, 2.75) is 32.1 Å². The maximum Gasteiger partial charge on any atom is 0.224 e. The Labute approximate surface area is 204 Å². The Bertz CT molecular complexity index is 1070. The van der Waals surface area contributed by atoms with E-state index in [1.54, 1.807) is 6.20 Å². The molecule has 4 N–H and O–H groups in total. The number of anilines is 3. The first-order valence-electron chi connectivity index (χ1n) is 11.2. The molecule has 1 aliphatic rings. The summed E-state index contributed by atoms with van der Waals surface area (Å²) in [6.07, 6.45) is 10.0. The molecule has 4 rings (SSSR count). The smallest absolute Gasteiger partial charge is 0.224 e. The lowest BCUT2D eigenvalue weighted by Crippen LogP contribution is -2.28. The summed E-state index contributed by atoms with van der Waals surface area (Å²) in [5.74, 6) is 2.07. The number of nitrogens with two attached hydrogens (primary N) is 1. The van der Waals surface area contributed by atoms with Gasteiger partial charge in [0.2, 0.25) is 5.28 Å². The third kappa shape index (κ3) is 6.93. The molecule has 0 atom stereocenters. The zero-order valence-electron chi connectivity index (χ0n) is 18.4. The van der Waals surface area contributed by atoms with Crippen LogP contribution in [0.5, 0.6) is 5.75 Å². The van der Waals surface area contributed by atoms with E-state index in [9.17, 15) is 0 Å². The van der Waals surface area contributed by atoms with E-state index in [-0.39, 0.29) is 5.28 Å². The van der Waals surface area contributed by atoms with Crippen LogP contribution < -0.4 is 21.1 Å². The molecule has 33 heavy (non-hydrogen) atoms. The van der Waals surface area contributed by atoms with Gasteiger partial charge >= 0.3 is 0 Å². The molecule has 0 radical (unpaired) electrons. The molecule has 3 heterocycles. The lowest BCUT2D eigenvalue weighted by Gasteiger charge is -2.23. The van der Waals surface area contributed by atoms with Crippen molar-refractivity contribution >= 4 is 40.4 Å². The highest BCUT2D eigenvalue weighted by atomic mass is 35.5. The summed E-state index contributed by atoms with van der Waals surface area (Å²) in [5, 5.41) is 7.18. The van der Waals surface area contributed by atoms with Crippen LogP contribution in [0.4, 0.5) is 17.2 Å². The van der Waals surface area contributed by atoms with Crippen molar-refractivity contribution in [3.05, 3.63) is 64.3 Å². The van der Waals surface area contributed by atoms with Crippen LogP contribution in [0.25, 0.3) is 0 Å². The SMILES string of the molecule is Nc1cncc(CCc2cc(Nc3nc(Cl)ncc3Cl)ccc2OCCC2CCNCC2)c1. The summed E-state index contributed by atoms with van der Waals surface area (Å²) in [5.41, 5.74) is 9.57. The molecule has 0 aliphatic carbocycles. The molecular formula is C24H28Cl2N6O. The van der Waals surface area contributed by atoms with Crippen LogP contribution in [0, 0.1) is 5.92 Å². The molecule has 2 aromatic heterocycles. The summed E-state index contributed by atoms with van der Waals surface area (Å²) in [6.45, 7) is 2.90. The third-order valence-corrected chi connectivity index (χ3v) is 6.24. The largest absolute Gasteiger partial charge is 0.493 e. The Hall–Kier alpha value is -2.61. The Morgan fingerprint density at radius 1 is 1.09 bits per heavy atom. The van der Waals surface area contributed by atoms with Gasteiger partial charge in [-0.2, -0.15) is 4.98 Å². The van der Waals surface area contributed by atoms with Gasteiger partial charge in [-0.05, 0) is 98.1 Å². The number of nitrogen functional groups attached to an aromatic ring is 1. The van der Waals surface area contributed by atoms with E-state index in [1.165, 1.54) is 19.0 Å². The number of hydrogen-bond donors (Lipinski definition) is 3. The molecule has 174 valence electrons. The normalized spacial score (nSPS) is 14.2. The Morgan fingerprint density at radius 3 is 2.76 bits per heavy atom. The monoisotopic (exact) mass is 486 g/mol. The molecule has 0 saturated carbocycles. The predicted octanol–water partition coefficient (Wildman–Crippen LogP) is 5.06. The maximum atomic E-state index is 6.24. The Balaban J connectivity index is 1.49. The van der Waals surface area contributed by atoms with E-state index >= 15 is 0 Å². The number of piperidine rings is 1. The number of aromatic nitrogens is 3. The van der Waals surface area contributed by atoms with E-state index in [0.29, 0.717) is 23.1 Å². The van der Waals surface area contributed by atoms with Gasteiger partial charge in [-0.25, -0.2) is 4.98 Å². The highest BCUT2D eigenvalue weighted by molar-refractivity contribution is 6.33. The lowest BCUT2D eigenvalue weighted by molar-refractivity contribution is 0.250. The highest BCUT2D eigenvalue weighted by Crippen LogP contribution is 2.29. The van der Waals surface area contributed by atoms with Gasteiger partial charge in [0.05, 0.1) is 18.5 Å². The van der Waals surface area contributed by atoms with Crippen LogP contribution in [-0.2, 0) is 12.8 Å². The summed E-state index contributed by atoms with van der Waals surface area (Å²) in [7, 11) is 0. The van der Waals surface area contributed by atoms with Crippen LogP contribution in [0.1, 0.15) is 30.4 Å². The fourth-order valence-electron chi connectivity index (χ4n) is 3.99. The van der Waals surface area contributed by atoms with Crippen molar-refractivity contribution in [1.82, 2.24) is 20.3 Å². The molecule has 7 nitrogen and oxygen atoms in total. The quantitative estimate of drug-likeness (QED) is 0.363. The standard InChI is InChI=1S/C24H28Cl2N6O/c25-21-15-30-24(26)32-23(21)31-20-3-4-22(33-10-7-16-5-8-28-9-6-16)18(12-20)2-1-17-11-19(27)14-29-13-17/h3-4,11-16,28H,1-2,5-10,27H2,(H,30,31,32). The minimum absolute atomic E-state index is 0.133. The molecule has 1 saturated heterocycles. The number of aryl methyl sites for hydroxylation is 2. The second kappa shape index (κ2) is 11.5. The van der Waals surface area contributed by atoms with Crippen LogP contribution in [0.15, 0.2) is 42.9 Å². The molecule has 9 heteroatoms. The van der Waals surface area contributed by atoms with E-state index < -0.39 is 0 Å². The van der Waals surface area contributed by atoms with Gasteiger partial charge in [0.25, 0.3) is 0 Å². The minimum Gasteiger partial charge on any atom is -0.493 e. The molecular weight excluding hydrogens is 459 g/mol. The fraction of sp³-hybridized carbons (Fsp3) is 0.375. The predicted molar refractivity (Wildman–Crippen MR) is 134 cm³/mol. The molecule has 0 amide bonds. The number of rotatable bonds is 9. The first kappa shape index (κ1) is 23.5. The van der Waals surface area contributed by atoms with E-state index in [0.717, 1.165) is 60.8 Å². The first-order valence-corrected chi connectivity index (χ1v) is 11.9. The molecule has 1 fully saturated rings. The lowest BCUT2D eigenvalue weighted by atomic mass is 9.95. The van der Waals surface area contributed by atoms with E-state index in [2.05, 4.69) is 31.7 Å². The topological polar surface area (TPSA) is 98.0 Å². The zero-order chi connectivity index (χ0) is 23.0. The average molecular weight is 487 g/mol. The van der Waals surface area contributed by atoms with E-state index in [4.69, 9.17) is 33.7 Å². The van der Waals surface area contributed by atoms with Gasteiger partial charge < -0.3 is 21.1 Å². The second-order valence-corrected chi connectivity index (χ2v) is 8.99. The average Bonchev–Trinajstić information content (AvgIpc) is 2.82. The maximum absolute atomic E-state index is 6.24. The van der Waals surface area contributed by atoms with E-state index in [1.807, 2.05) is 24.4 Å². The van der Waals surface area contributed by atoms with Crippen LogP contribution in [-0.4, -0.2) is 34.6 Å². The summed E-state index contributed by atoms with van der Waals surface area (Å²) in [6, 6.07) is 7.97. The Kier molecular flexibility index (Phi) is 8.20. The van der Waals surface area contributed by atoms with Crippen molar-refractivity contribution < 1.29 is 4.74 Å². The first-order chi connectivity index (χ1) is 16.1. The van der Waals surface area contributed by atoms with Crippen molar-refractivity contribution in [3.63, 3.8) is 0 Å². The molecule has 0 spiro atoms. The molecule has 0 unspecified atom stereocenters. The van der Waals surface area contributed by atoms with Crippen LogP contribution in [0.2, 0.25) is 10.3 Å². The number of nitrogens with zero attached hydrogens (tertiary/aromatic N) is 3. The van der Waals surface area contributed by atoms with Gasteiger partial charge in [0, 0.05) is 18.1 Å². The van der Waals surface area contributed by atoms with Crippen molar-refractivity contribution in [1.29, 1.82) is 0 Å². The summed E-state index contributed by atoms with van der Waals surface area (Å²) in [4.78, 5) is 12.3. The molecule has 0 bridgehead atoms. The van der Waals surface area contributed by atoms with Crippen molar-refractivity contribution in [2.24, 2.45) is 5.92 Å². The van der Waals surface area contributed by atoms with Gasteiger partial charge in [-0.3, -0.25) is 4.98 Å². The second-order valence-electron chi connectivity index (χ2n) is 8.24. The zero-order valence-corrected chi connectivity index (χ0v) is 19.9. The van der Waals surface area contributed by atoms with Gasteiger partial charge in [-0.1, -0.05) is 11.6 Å². The highest BCUT2D eigenvalue weighted by Gasteiger charge is 2.14. The minimum atomic E-state index is 0.133. The van der Waals surface area contributed by atoms with Crippen molar-refractivity contribution in [3.8, 4) is 5.75 Å². The molecule has 1 aliphatic heterocycles. The number of halogens is 2. The van der Waals surface area contributed by atoms with Gasteiger partial charge in [0.15, 0.2) is 5.82 Å². The molecule has 1 aromatic carbocycles. The number of pyridine rings is 1. The van der Waals surface area contributed by atoms with Gasteiger partial charge in [0.1, 0.15) is 10.8 Å². The molecule has 3 aromatic rings.